The first kappa shape index (κ1) is 25.8. The predicted octanol–water partition coefficient (Wildman–Crippen LogP) is 3.40. The standard InChI is InChI=1S/C12H14BrNO5.C6H12O3/c1-4-18-11(15)12(2,3)19-10-6-5-8(13)7-9(10)14(16)17;1-4-9-5(7)6(2,3)8/h5-7H,4H2,1-3H3;8H,4H2,1-3H3. The first-order valence-corrected chi connectivity index (χ1v) is 9.25. The monoisotopic (exact) mass is 463 g/mol. The fourth-order valence-corrected chi connectivity index (χ4v) is 2.00. The Morgan fingerprint density at radius 2 is 1.61 bits per heavy atom. The molecule has 0 bridgehead atoms. The minimum atomic E-state index is -1.35. The molecule has 10 heteroatoms. The minimum Gasteiger partial charge on any atom is -0.469 e. The number of nitro benzene ring substituents is 1. The van der Waals surface area contributed by atoms with Crippen molar-refractivity contribution < 1.29 is 33.8 Å². The normalized spacial score (nSPS) is 11.0. The van der Waals surface area contributed by atoms with Gasteiger partial charge in [0.25, 0.3) is 0 Å². The summed E-state index contributed by atoms with van der Waals surface area (Å²) in [5.41, 5.74) is -2.86. The van der Waals surface area contributed by atoms with Crippen LogP contribution in [0.1, 0.15) is 41.5 Å². The molecular weight excluding hydrogens is 438 g/mol. The molecule has 0 unspecified atom stereocenters. The molecule has 0 aliphatic carbocycles. The minimum absolute atomic E-state index is 0.0197. The van der Waals surface area contributed by atoms with Crippen LogP contribution < -0.4 is 4.74 Å². The van der Waals surface area contributed by atoms with Crippen LogP contribution in [0.2, 0.25) is 0 Å². The average molecular weight is 464 g/mol. The second kappa shape index (κ2) is 11.0. The molecule has 0 aliphatic heterocycles. The Balaban J connectivity index is 0.000000684. The van der Waals surface area contributed by atoms with Crippen molar-refractivity contribution in [3.63, 3.8) is 0 Å². The lowest BCUT2D eigenvalue weighted by atomic mass is 10.1. The lowest BCUT2D eigenvalue weighted by Gasteiger charge is -2.23. The zero-order valence-corrected chi connectivity index (χ0v) is 18.4. The predicted molar refractivity (Wildman–Crippen MR) is 105 cm³/mol. The average Bonchev–Trinajstić information content (AvgIpc) is 2.56. The van der Waals surface area contributed by atoms with Gasteiger partial charge in [-0.1, -0.05) is 15.9 Å². The van der Waals surface area contributed by atoms with Gasteiger partial charge in [0.2, 0.25) is 5.60 Å². The van der Waals surface area contributed by atoms with Gasteiger partial charge in [-0.3, -0.25) is 10.1 Å². The van der Waals surface area contributed by atoms with Gasteiger partial charge in [0, 0.05) is 10.5 Å². The van der Waals surface area contributed by atoms with Gasteiger partial charge in [-0.2, -0.15) is 0 Å². The maximum Gasteiger partial charge on any atom is 0.349 e. The molecular formula is C18H26BrNO8. The number of rotatable bonds is 7. The van der Waals surface area contributed by atoms with Gasteiger partial charge in [-0.15, -0.1) is 0 Å². The number of halogens is 1. The lowest BCUT2D eigenvalue weighted by molar-refractivity contribution is -0.386. The Kier molecular flexibility index (Phi) is 10.1. The van der Waals surface area contributed by atoms with Crippen LogP contribution in [-0.2, 0) is 19.1 Å². The van der Waals surface area contributed by atoms with E-state index < -0.39 is 28.1 Å². The largest absolute Gasteiger partial charge is 0.469 e. The molecule has 1 aromatic rings. The molecule has 0 aliphatic rings. The third kappa shape index (κ3) is 8.66. The molecule has 0 amide bonds. The van der Waals surface area contributed by atoms with Crippen LogP contribution in [0, 0.1) is 10.1 Å². The third-order valence-electron chi connectivity index (χ3n) is 3.02. The van der Waals surface area contributed by atoms with Crippen molar-refractivity contribution in [1.82, 2.24) is 0 Å². The molecule has 1 aromatic carbocycles. The number of carbonyl (C=O) groups is 2. The Hall–Kier alpha value is -2.20. The van der Waals surface area contributed by atoms with E-state index in [4.69, 9.17) is 14.6 Å². The van der Waals surface area contributed by atoms with Crippen LogP contribution in [0.4, 0.5) is 5.69 Å². The Morgan fingerprint density at radius 1 is 1.11 bits per heavy atom. The van der Waals surface area contributed by atoms with E-state index in [0.29, 0.717) is 11.1 Å². The number of aliphatic hydroxyl groups is 1. The second-order valence-electron chi connectivity index (χ2n) is 6.48. The van der Waals surface area contributed by atoms with E-state index in [0.717, 1.165) is 0 Å². The second-order valence-corrected chi connectivity index (χ2v) is 7.40. The number of hydrogen-bond acceptors (Lipinski definition) is 8. The van der Waals surface area contributed by atoms with Crippen LogP contribution in [0.3, 0.4) is 0 Å². The molecule has 28 heavy (non-hydrogen) atoms. The van der Waals surface area contributed by atoms with Gasteiger partial charge >= 0.3 is 17.6 Å². The fraction of sp³-hybridized carbons (Fsp3) is 0.556. The maximum atomic E-state index is 11.7. The molecule has 9 nitrogen and oxygen atoms in total. The molecule has 0 radical (unpaired) electrons. The van der Waals surface area contributed by atoms with Gasteiger partial charge in [-0.25, -0.2) is 9.59 Å². The summed E-state index contributed by atoms with van der Waals surface area (Å²) >= 11 is 3.15. The zero-order valence-electron chi connectivity index (χ0n) is 16.8. The van der Waals surface area contributed by atoms with Crippen LogP contribution >= 0.6 is 15.9 Å². The highest BCUT2D eigenvalue weighted by molar-refractivity contribution is 9.10. The van der Waals surface area contributed by atoms with Gasteiger partial charge in [0.05, 0.1) is 18.1 Å². The number of carbonyl (C=O) groups excluding carboxylic acids is 2. The Morgan fingerprint density at radius 3 is 2.00 bits per heavy atom. The van der Waals surface area contributed by atoms with Crippen molar-refractivity contribution >= 4 is 33.6 Å². The van der Waals surface area contributed by atoms with Crippen LogP contribution in [0.15, 0.2) is 22.7 Å². The summed E-state index contributed by atoms with van der Waals surface area (Å²) in [5, 5.41) is 19.9. The summed E-state index contributed by atoms with van der Waals surface area (Å²) in [5.74, 6) is -1.14. The van der Waals surface area contributed by atoms with E-state index in [1.165, 1.54) is 39.8 Å². The molecule has 0 heterocycles. The molecule has 1 N–H and O–H groups in total. The van der Waals surface area contributed by atoms with Crippen molar-refractivity contribution in [2.45, 2.75) is 52.7 Å². The van der Waals surface area contributed by atoms with E-state index in [-0.39, 0.29) is 18.0 Å². The highest BCUT2D eigenvalue weighted by atomic mass is 79.9. The van der Waals surface area contributed by atoms with Crippen molar-refractivity contribution in [2.24, 2.45) is 0 Å². The molecule has 1 rings (SSSR count). The number of benzene rings is 1. The Labute approximate surface area is 172 Å². The van der Waals surface area contributed by atoms with Crippen molar-refractivity contribution in [2.75, 3.05) is 13.2 Å². The fourth-order valence-electron chi connectivity index (χ4n) is 1.65. The lowest BCUT2D eigenvalue weighted by Crippen LogP contribution is -2.39. The third-order valence-corrected chi connectivity index (χ3v) is 3.52. The molecule has 0 fully saturated rings. The topological polar surface area (TPSA) is 125 Å². The van der Waals surface area contributed by atoms with E-state index in [1.54, 1.807) is 19.9 Å². The molecule has 0 saturated carbocycles. The van der Waals surface area contributed by atoms with E-state index in [1.807, 2.05) is 0 Å². The molecule has 0 spiro atoms. The molecule has 0 atom stereocenters. The number of nitro groups is 1. The van der Waals surface area contributed by atoms with E-state index in [2.05, 4.69) is 20.7 Å². The van der Waals surface area contributed by atoms with E-state index in [9.17, 15) is 19.7 Å². The number of esters is 2. The highest BCUT2D eigenvalue weighted by Gasteiger charge is 2.34. The number of hydrogen-bond donors (Lipinski definition) is 1. The first-order chi connectivity index (χ1) is 12.8. The number of nitrogens with zero attached hydrogens (tertiary/aromatic N) is 1. The van der Waals surface area contributed by atoms with E-state index >= 15 is 0 Å². The van der Waals surface area contributed by atoms with Crippen molar-refractivity contribution in [3.05, 3.63) is 32.8 Å². The smallest absolute Gasteiger partial charge is 0.349 e. The molecule has 158 valence electrons. The number of ether oxygens (including phenoxy) is 3. The summed E-state index contributed by atoms with van der Waals surface area (Å²) in [7, 11) is 0. The zero-order chi connectivity index (χ0) is 22.1. The van der Waals surface area contributed by atoms with Crippen LogP contribution in [0.25, 0.3) is 0 Å². The first-order valence-electron chi connectivity index (χ1n) is 8.46. The quantitative estimate of drug-likeness (QED) is 0.370. The van der Waals surface area contributed by atoms with Crippen LogP contribution in [0.5, 0.6) is 5.75 Å². The van der Waals surface area contributed by atoms with Gasteiger partial charge in [0.1, 0.15) is 0 Å². The molecule has 0 aromatic heterocycles. The van der Waals surface area contributed by atoms with Crippen molar-refractivity contribution in [1.29, 1.82) is 0 Å². The van der Waals surface area contributed by atoms with Gasteiger partial charge in [-0.05, 0) is 53.7 Å². The highest BCUT2D eigenvalue weighted by Crippen LogP contribution is 2.32. The summed E-state index contributed by atoms with van der Waals surface area (Å²) < 4.78 is 15.4. The Bertz CT molecular complexity index is 697. The molecule has 0 saturated heterocycles. The summed E-state index contributed by atoms with van der Waals surface area (Å²) in [6, 6.07) is 4.35. The summed E-state index contributed by atoms with van der Waals surface area (Å²) in [6.07, 6.45) is 0. The van der Waals surface area contributed by atoms with Crippen molar-refractivity contribution in [3.8, 4) is 5.75 Å². The summed E-state index contributed by atoms with van der Waals surface area (Å²) in [6.45, 7) is 9.68. The maximum absolute atomic E-state index is 11.7. The van der Waals surface area contributed by atoms with Gasteiger partial charge in [0.15, 0.2) is 11.4 Å². The summed E-state index contributed by atoms with van der Waals surface area (Å²) in [4.78, 5) is 32.7. The van der Waals surface area contributed by atoms with Crippen LogP contribution in [-0.4, -0.2) is 46.4 Å². The van der Waals surface area contributed by atoms with Gasteiger partial charge < -0.3 is 19.3 Å². The SMILES string of the molecule is CCOC(=O)C(C)(C)O.CCOC(=O)C(C)(C)Oc1ccc(Br)cc1[N+](=O)[O-].